The van der Waals surface area contributed by atoms with Gasteiger partial charge < -0.3 is 14.4 Å². The van der Waals surface area contributed by atoms with Crippen molar-refractivity contribution in [2.24, 2.45) is 0 Å². The number of hydrogen-bond donors (Lipinski definition) is 0. The second-order valence-electron chi connectivity index (χ2n) is 7.40. The molecule has 0 atom stereocenters. The molecular formula is C18H27NO5S. The van der Waals surface area contributed by atoms with Crippen LogP contribution < -0.4 is 0 Å². The Morgan fingerprint density at radius 1 is 1.16 bits per heavy atom. The monoisotopic (exact) mass is 369 g/mol. The number of piperidine rings is 1. The summed E-state index contributed by atoms with van der Waals surface area (Å²) in [5.41, 5.74) is -0.575. The molecule has 1 saturated heterocycles. The first-order chi connectivity index (χ1) is 11.6. The molecule has 25 heavy (non-hydrogen) atoms. The van der Waals surface area contributed by atoms with Gasteiger partial charge in [-0.2, -0.15) is 0 Å². The van der Waals surface area contributed by atoms with Crippen molar-refractivity contribution in [3.8, 4) is 0 Å². The van der Waals surface area contributed by atoms with E-state index in [2.05, 4.69) is 0 Å². The van der Waals surface area contributed by atoms with Gasteiger partial charge >= 0.3 is 6.09 Å². The van der Waals surface area contributed by atoms with E-state index in [4.69, 9.17) is 9.47 Å². The predicted molar refractivity (Wildman–Crippen MR) is 95.3 cm³/mol. The third-order valence-electron chi connectivity index (χ3n) is 4.36. The molecule has 2 rings (SSSR count). The molecule has 0 saturated carbocycles. The molecule has 1 aliphatic heterocycles. The molecule has 1 fully saturated rings. The van der Waals surface area contributed by atoms with Gasteiger partial charge in [0.25, 0.3) is 0 Å². The Morgan fingerprint density at radius 3 is 2.20 bits per heavy atom. The van der Waals surface area contributed by atoms with Gasteiger partial charge in [-0.3, -0.25) is 0 Å². The zero-order chi connectivity index (χ0) is 18.7. The molecule has 1 aromatic rings. The highest BCUT2D eigenvalue weighted by atomic mass is 32.2. The average molecular weight is 369 g/mol. The summed E-state index contributed by atoms with van der Waals surface area (Å²) in [6.45, 7) is 6.18. The molecule has 0 bridgehead atoms. The highest BCUT2D eigenvalue weighted by molar-refractivity contribution is 7.92. The summed E-state index contributed by atoms with van der Waals surface area (Å²) in [7, 11) is -2.07. The third-order valence-corrected chi connectivity index (χ3v) is 6.92. The number of likely N-dealkylation sites (tertiary alicyclic amines) is 1. The maximum absolute atomic E-state index is 13.2. The molecule has 0 aromatic heterocycles. The van der Waals surface area contributed by atoms with Crippen LogP contribution in [0.1, 0.15) is 33.6 Å². The minimum Gasteiger partial charge on any atom is -0.444 e. The number of amides is 1. The number of carbonyl (C=O) groups is 1. The Morgan fingerprint density at radius 2 is 1.72 bits per heavy atom. The fourth-order valence-corrected chi connectivity index (χ4v) is 5.04. The van der Waals surface area contributed by atoms with Gasteiger partial charge in [-0.15, -0.1) is 0 Å². The van der Waals surface area contributed by atoms with Crippen molar-refractivity contribution in [3.05, 3.63) is 30.3 Å². The van der Waals surface area contributed by atoms with Crippen LogP contribution in [0.4, 0.5) is 4.79 Å². The zero-order valence-corrected chi connectivity index (χ0v) is 16.1. The summed E-state index contributed by atoms with van der Waals surface area (Å²) < 4.78 is 36.0. The second-order valence-corrected chi connectivity index (χ2v) is 9.74. The molecule has 6 nitrogen and oxygen atoms in total. The zero-order valence-electron chi connectivity index (χ0n) is 15.3. The SMILES string of the molecule is COCC1(S(=O)(=O)c2ccccc2)CCN(C(=O)OC(C)(C)C)CC1. The molecule has 0 spiro atoms. The molecule has 1 aromatic carbocycles. The van der Waals surface area contributed by atoms with E-state index in [0.29, 0.717) is 25.9 Å². The molecule has 0 radical (unpaired) electrons. The maximum atomic E-state index is 13.2. The van der Waals surface area contributed by atoms with Crippen molar-refractivity contribution in [1.29, 1.82) is 0 Å². The van der Waals surface area contributed by atoms with Crippen LogP contribution in [0.2, 0.25) is 0 Å². The molecule has 1 heterocycles. The molecule has 0 unspecified atom stereocenters. The maximum Gasteiger partial charge on any atom is 0.410 e. The number of carbonyl (C=O) groups excluding carboxylic acids is 1. The number of rotatable bonds is 4. The fourth-order valence-electron chi connectivity index (χ4n) is 3.03. The lowest BCUT2D eigenvalue weighted by Crippen LogP contribution is -2.53. The third kappa shape index (κ3) is 4.33. The summed E-state index contributed by atoms with van der Waals surface area (Å²) in [6.07, 6.45) is 0.227. The Balaban J connectivity index is 2.20. The van der Waals surface area contributed by atoms with Gasteiger partial charge in [0.05, 0.1) is 11.5 Å². The van der Waals surface area contributed by atoms with Gasteiger partial charge in [0.1, 0.15) is 10.3 Å². The van der Waals surface area contributed by atoms with E-state index in [0.717, 1.165) is 0 Å². The quantitative estimate of drug-likeness (QED) is 0.816. The fraction of sp³-hybridized carbons (Fsp3) is 0.611. The average Bonchev–Trinajstić information content (AvgIpc) is 2.55. The summed E-state index contributed by atoms with van der Waals surface area (Å²) in [5.74, 6) is 0. The summed E-state index contributed by atoms with van der Waals surface area (Å²) in [4.78, 5) is 14.1. The van der Waals surface area contributed by atoms with Crippen molar-refractivity contribution in [1.82, 2.24) is 4.90 Å². The minimum atomic E-state index is -3.57. The van der Waals surface area contributed by atoms with Crippen LogP contribution in [0, 0.1) is 0 Å². The number of hydrogen-bond acceptors (Lipinski definition) is 5. The second kappa shape index (κ2) is 7.33. The molecule has 1 amide bonds. The molecule has 7 heteroatoms. The van der Waals surface area contributed by atoms with Gasteiger partial charge in [-0.1, -0.05) is 18.2 Å². The lowest BCUT2D eigenvalue weighted by molar-refractivity contribution is 0.0163. The number of nitrogens with zero attached hydrogens (tertiary/aromatic N) is 1. The Hall–Kier alpha value is -1.60. The van der Waals surface area contributed by atoms with E-state index in [-0.39, 0.29) is 11.5 Å². The summed E-state index contributed by atoms with van der Waals surface area (Å²) >= 11 is 0. The predicted octanol–water partition coefficient (Wildman–Crippen LogP) is 2.88. The van der Waals surface area contributed by atoms with Crippen LogP contribution in [0.5, 0.6) is 0 Å². The largest absolute Gasteiger partial charge is 0.444 e. The first-order valence-corrected chi connectivity index (χ1v) is 9.86. The van der Waals surface area contributed by atoms with E-state index >= 15 is 0 Å². The molecule has 0 aliphatic carbocycles. The normalized spacial score (nSPS) is 18.0. The van der Waals surface area contributed by atoms with Gasteiger partial charge in [-0.05, 0) is 45.7 Å². The minimum absolute atomic E-state index is 0.104. The van der Waals surface area contributed by atoms with Crippen LogP contribution in [0.15, 0.2) is 35.2 Å². The highest BCUT2D eigenvalue weighted by Gasteiger charge is 2.48. The number of methoxy groups -OCH3 is 1. The van der Waals surface area contributed by atoms with E-state index < -0.39 is 26.3 Å². The van der Waals surface area contributed by atoms with E-state index in [1.54, 1.807) is 35.2 Å². The Bertz CT molecular complexity index is 686. The topological polar surface area (TPSA) is 72.9 Å². The van der Waals surface area contributed by atoms with E-state index in [1.807, 2.05) is 20.8 Å². The lowest BCUT2D eigenvalue weighted by Gasteiger charge is -2.40. The van der Waals surface area contributed by atoms with E-state index in [1.165, 1.54) is 7.11 Å². The first kappa shape index (κ1) is 19.7. The number of sulfone groups is 1. The van der Waals surface area contributed by atoms with Crippen molar-refractivity contribution < 1.29 is 22.7 Å². The molecule has 0 N–H and O–H groups in total. The molecular weight excluding hydrogens is 342 g/mol. The van der Waals surface area contributed by atoms with Crippen LogP contribution in [-0.2, 0) is 19.3 Å². The number of benzene rings is 1. The highest BCUT2D eigenvalue weighted by Crippen LogP contribution is 2.36. The molecule has 1 aliphatic rings. The summed E-state index contributed by atoms with van der Waals surface area (Å²) in [5, 5.41) is 0. The van der Waals surface area contributed by atoms with E-state index in [9.17, 15) is 13.2 Å². The first-order valence-electron chi connectivity index (χ1n) is 8.38. The van der Waals surface area contributed by atoms with Crippen LogP contribution in [-0.4, -0.2) is 56.6 Å². The van der Waals surface area contributed by atoms with Crippen LogP contribution in [0.3, 0.4) is 0 Å². The van der Waals surface area contributed by atoms with Crippen LogP contribution >= 0.6 is 0 Å². The van der Waals surface area contributed by atoms with Gasteiger partial charge in [0, 0.05) is 20.2 Å². The van der Waals surface area contributed by atoms with Crippen molar-refractivity contribution in [3.63, 3.8) is 0 Å². The summed E-state index contributed by atoms with van der Waals surface area (Å²) in [6, 6.07) is 8.42. The standard InChI is InChI=1S/C18H27NO5S/c1-17(2,3)24-16(20)19-12-10-18(11-13-19,14-23-4)25(21,22)15-8-6-5-7-9-15/h5-9H,10-14H2,1-4H3. The number of ether oxygens (including phenoxy) is 2. The van der Waals surface area contributed by atoms with Gasteiger partial charge in [0.15, 0.2) is 9.84 Å². The van der Waals surface area contributed by atoms with Gasteiger partial charge in [0.2, 0.25) is 0 Å². The lowest BCUT2D eigenvalue weighted by atomic mass is 9.97. The Kier molecular flexibility index (Phi) is 5.79. The molecule has 140 valence electrons. The van der Waals surface area contributed by atoms with Crippen molar-refractivity contribution >= 4 is 15.9 Å². The van der Waals surface area contributed by atoms with Crippen molar-refractivity contribution in [2.75, 3.05) is 26.8 Å². The smallest absolute Gasteiger partial charge is 0.410 e. The van der Waals surface area contributed by atoms with Gasteiger partial charge in [-0.25, -0.2) is 13.2 Å². The van der Waals surface area contributed by atoms with Crippen molar-refractivity contribution in [2.45, 2.75) is 48.9 Å². The Labute approximate surface area is 150 Å². The van der Waals surface area contributed by atoms with Crippen LogP contribution in [0.25, 0.3) is 0 Å².